The second-order valence-electron chi connectivity index (χ2n) is 22.0. The van der Waals surface area contributed by atoms with Crippen molar-refractivity contribution in [2.75, 3.05) is 39.8 Å². The molecule has 30 nitrogen and oxygen atoms in total. The second-order valence-corrected chi connectivity index (χ2v) is 22.0. The first kappa shape index (κ1) is 68.7. The zero-order valence-corrected chi connectivity index (χ0v) is 50.1. The summed E-state index contributed by atoms with van der Waals surface area (Å²) in [5, 5.41) is 37.8. The average molecular weight is 1240 g/mol. The van der Waals surface area contributed by atoms with Gasteiger partial charge in [0.1, 0.15) is 54.4 Å². The van der Waals surface area contributed by atoms with Crippen molar-refractivity contribution in [3.63, 3.8) is 0 Å². The molecule has 2 aliphatic heterocycles. The van der Waals surface area contributed by atoms with E-state index in [0.717, 1.165) is 0 Å². The van der Waals surface area contributed by atoms with Crippen LogP contribution in [0.1, 0.15) is 94.4 Å². The lowest BCUT2D eigenvalue weighted by molar-refractivity contribution is -0.143. The number of aliphatic hydroxyl groups excluding tert-OH is 1. The third-order valence-electron chi connectivity index (χ3n) is 15.3. The third-order valence-corrected chi connectivity index (χ3v) is 15.3. The first-order chi connectivity index (χ1) is 42.8. The Morgan fingerprint density at radius 3 is 2.10 bits per heavy atom. The van der Waals surface area contributed by atoms with Gasteiger partial charge in [0.05, 0.1) is 12.9 Å². The number of para-hydroxylation sites is 1. The number of fused-ring (bicyclic) bond motifs is 1. The lowest BCUT2D eigenvalue weighted by Crippen LogP contribution is -2.61. The van der Waals surface area contributed by atoms with Crippen LogP contribution >= 0.6 is 0 Å². The number of amides is 11. The van der Waals surface area contributed by atoms with Gasteiger partial charge in [-0.05, 0) is 87.9 Å². The van der Waals surface area contributed by atoms with Gasteiger partial charge in [0.25, 0.3) is 0 Å². The number of aliphatic imine (C=N–C) groups is 1. The van der Waals surface area contributed by atoms with Gasteiger partial charge in [-0.1, -0.05) is 48.5 Å². The zero-order chi connectivity index (χ0) is 64.4. The van der Waals surface area contributed by atoms with Crippen molar-refractivity contribution in [1.82, 2.24) is 73.0 Å². The monoisotopic (exact) mass is 1240 g/mol. The van der Waals surface area contributed by atoms with E-state index in [-0.39, 0.29) is 103 Å². The van der Waals surface area contributed by atoms with E-state index in [2.05, 4.69) is 73.1 Å². The Labute approximate surface area is 514 Å². The number of nitrogens with two attached hydrogens (primary N) is 3. The highest BCUT2D eigenvalue weighted by Crippen LogP contribution is 2.23. The fourth-order valence-corrected chi connectivity index (χ4v) is 10.6. The minimum Gasteiger partial charge on any atom is -0.394 e. The van der Waals surface area contributed by atoms with E-state index in [9.17, 15) is 43.5 Å². The normalized spacial score (nSPS) is 21.7. The van der Waals surface area contributed by atoms with Crippen molar-refractivity contribution in [2.45, 2.75) is 151 Å². The minimum atomic E-state index is -1.55. The molecular weight excluding hydrogens is 1150 g/mol. The molecule has 89 heavy (non-hydrogen) atoms. The number of hydrogen-bond donors (Lipinski definition) is 16. The van der Waals surface area contributed by atoms with Gasteiger partial charge in [-0.25, -0.2) is 4.98 Å². The summed E-state index contributed by atoms with van der Waals surface area (Å²) in [7, 11) is 1.39. The van der Waals surface area contributed by atoms with Crippen molar-refractivity contribution in [2.24, 2.45) is 22.2 Å². The number of guanidine groups is 1. The number of likely N-dealkylation sites (N-methyl/N-ethyl adjacent to an activating group) is 1. The molecule has 2 saturated heterocycles. The van der Waals surface area contributed by atoms with Crippen LogP contribution in [0.25, 0.3) is 10.9 Å². The number of unbranched alkanes of at least 4 members (excludes halogenated alkanes) is 1. The highest BCUT2D eigenvalue weighted by atomic mass is 16.3. The number of nitrogens with zero attached hydrogens (tertiary/aromatic N) is 3. The number of H-pyrrole nitrogens is 2. The van der Waals surface area contributed by atoms with E-state index in [1.807, 2.05) is 6.07 Å². The maximum Gasteiger partial charge on any atom is 0.245 e. The summed E-state index contributed by atoms with van der Waals surface area (Å²) in [6.45, 7) is 0.634. The Kier molecular flexibility index (Phi) is 26.8. The SMILES string of the molecule is CNC(=O)[C@H](CCCCN)NC(=O)[C@H](CO)NC(=O)[C@@H]1CCCN1C(=O)[C@@H]1CCC(=O)NCCC[C@H](NC(C)=O)C(=O)N[C@@H](Cc2cnc[nH]2)C(=O)N[C@H](Cc2ccccc2)C(=O)N[C@@H](CCCN=C(N)N)C(=O)N[C@@H](Cc2c[nH]c3ccccc23)C(=O)N1. The number of likely N-dealkylation sites (tertiary alicyclic amines) is 1. The summed E-state index contributed by atoms with van der Waals surface area (Å²) in [5.41, 5.74) is 19.2. The van der Waals surface area contributed by atoms with Crippen LogP contribution < -0.4 is 70.4 Å². The Morgan fingerprint density at radius 1 is 0.742 bits per heavy atom. The Morgan fingerprint density at radius 2 is 1.42 bits per heavy atom. The molecule has 0 aliphatic carbocycles. The van der Waals surface area contributed by atoms with Crippen LogP contribution in [0.4, 0.5) is 0 Å². The van der Waals surface area contributed by atoms with Gasteiger partial charge < -0.3 is 90.3 Å². The van der Waals surface area contributed by atoms with Crippen molar-refractivity contribution in [1.29, 1.82) is 0 Å². The van der Waals surface area contributed by atoms with Gasteiger partial charge in [0, 0.05) is 88.3 Å². The predicted octanol–water partition coefficient (Wildman–Crippen LogP) is -3.58. The highest BCUT2D eigenvalue weighted by molar-refractivity contribution is 5.99. The molecule has 6 rings (SSSR count). The Balaban J connectivity index is 1.37. The molecule has 482 valence electrons. The van der Waals surface area contributed by atoms with Crippen LogP contribution in [0.15, 0.2) is 78.3 Å². The van der Waals surface area contributed by atoms with E-state index in [4.69, 9.17) is 17.2 Å². The van der Waals surface area contributed by atoms with Crippen molar-refractivity contribution < 1.29 is 57.8 Å². The first-order valence-corrected chi connectivity index (χ1v) is 29.9. The van der Waals surface area contributed by atoms with E-state index >= 15 is 14.4 Å². The number of hydrogen-bond acceptors (Lipinski definition) is 15. The largest absolute Gasteiger partial charge is 0.394 e. The summed E-state index contributed by atoms with van der Waals surface area (Å²) in [6, 6.07) is 3.54. The molecule has 0 radical (unpaired) electrons. The Hall–Kier alpha value is -9.45. The number of nitrogens with one attached hydrogen (secondary N) is 12. The summed E-state index contributed by atoms with van der Waals surface area (Å²) in [4.78, 5) is 171. The maximum atomic E-state index is 15.2. The topological polar surface area (TPSA) is 466 Å². The van der Waals surface area contributed by atoms with Crippen LogP contribution in [0, 0.1) is 0 Å². The number of aromatic nitrogens is 3. The average Bonchev–Trinajstić information content (AvgIpc) is 2.58. The van der Waals surface area contributed by atoms with Gasteiger partial charge in [0.15, 0.2) is 5.96 Å². The Bertz CT molecular complexity index is 3100. The number of benzene rings is 2. The molecule has 0 spiro atoms. The third kappa shape index (κ3) is 21.1. The molecule has 2 aromatic carbocycles. The molecule has 9 atom stereocenters. The van der Waals surface area contributed by atoms with Crippen LogP contribution in [0.2, 0.25) is 0 Å². The van der Waals surface area contributed by atoms with Gasteiger partial charge in [-0.15, -0.1) is 0 Å². The quantitative estimate of drug-likeness (QED) is 0.0206. The molecule has 2 aliphatic rings. The van der Waals surface area contributed by atoms with Gasteiger partial charge in [-0.2, -0.15) is 0 Å². The van der Waals surface area contributed by atoms with Gasteiger partial charge in [0.2, 0.25) is 65.0 Å². The van der Waals surface area contributed by atoms with Gasteiger partial charge >= 0.3 is 0 Å². The van der Waals surface area contributed by atoms with E-state index in [0.29, 0.717) is 47.1 Å². The van der Waals surface area contributed by atoms with E-state index in [1.165, 1.54) is 31.4 Å². The summed E-state index contributed by atoms with van der Waals surface area (Å²) in [5.74, 6) is -8.61. The van der Waals surface area contributed by atoms with Crippen LogP contribution in [-0.4, -0.2) is 190 Å². The van der Waals surface area contributed by atoms with Crippen LogP contribution in [0.3, 0.4) is 0 Å². The molecule has 0 unspecified atom stereocenters. The molecule has 30 heteroatoms. The van der Waals surface area contributed by atoms with E-state index < -0.39 is 126 Å². The van der Waals surface area contributed by atoms with Crippen molar-refractivity contribution >= 4 is 81.8 Å². The maximum absolute atomic E-state index is 15.2. The lowest BCUT2D eigenvalue weighted by Gasteiger charge is -2.31. The van der Waals surface area contributed by atoms with E-state index in [1.54, 1.807) is 54.7 Å². The number of carbonyl (C=O) groups excluding carboxylic acids is 11. The summed E-state index contributed by atoms with van der Waals surface area (Å²) >= 11 is 0. The van der Waals surface area contributed by atoms with Crippen molar-refractivity contribution in [3.8, 4) is 0 Å². The predicted molar refractivity (Wildman–Crippen MR) is 326 cm³/mol. The van der Waals surface area contributed by atoms with Gasteiger partial charge in [-0.3, -0.25) is 57.7 Å². The highest BCUT2D eigenvalue weighted by Gasteiger charge is 2.41. The number of rotatable bonds is 22. The molecular formula is C59H84N18O12. The first-order valence-electron chi connectivity index (χ1n) is 29.9. The number of carbonyl (C=O) groups is 11. The minimum absolute atomic E-state index is 0.00832. The summed E-state index contributed by atoms with van der Waals surface area (Å²) in [6.07, 6.45) is 5.00. The lowest BCUT2D eigenvalue weighted by atomic mass is 10.0. The molecule has 2 aromatic heterocycles. The second kappa shape index (κ2) is 34.8. The number of imidazole rings is 1. The fraction of sp³-hybridized carbons (Fsp3) is 0.508. The molecule has 0 bridgehead atoms. The van der Waals surface area contributed by atoms with Crippen LogP contribution in [0.5, 0.6) is 0 Å². The molecule has 2 fully saturated rings. The molecule has 11 amide bonds. The molecule has 0 saturated carbocycles. The fourth-order valence-electron chi connectivity index (χ4n) is 10.6. The summed E-state index contributed by atoms with van der Waals surface area (Å²) < 4.78 is 0. The van der Waals surface area contributed by atoms with Crippen molar-refractivity contribution in [3.05, 3.63) is 90.1 Å². The smallest absolute Gasteiger partial charge is 0.245 e. The molecule has 4 heterocycles. The zero-order valence-electron chi connectivity index (χ0n) is 50.1. The number of aromatic amines is 2. The number of aliphatic hydroxyl groups is 1. The molecule has 4 aromatic rings. The molecule has 19 N–H and O–H groups in total. The van der Waals surface area contributed by atoms with Crippen LogP contribution in [-0.2, 0) is 72.0 Å². The standard InChI is InChI=1S/C59H84N18O12/c1-34(79)69-41-18-10-24-65-49(80)22-21-43(58(89)77-26-12-20-48(77)57(88)76-47(32-78)56(87)70-40(50(81)63-2)17-8-9-23-60)72-54(85)45(28-36-30-67-39-16-7-6-15-38(36)39)74-52(83)42(19-11-25-66-59(61)62)71-53(84)44(27-35-13-4-3-5-14-35)73-55(86)46(75-51(41)82)29-37-31-64-33-68-37/h3-7,13-16,30-31,33,40-48,67,78H,8-12,17-29,32,60H2,1-2H3,(H,63,81)(H,64,68)(H,65,80)(H,69,79)(H,70,87)(H,71,84)(H,72,85)(H,73,86)(H,74,83)(H,75,82)(H,76,88)(H4,61,62,66)/t40-,41-,42-,43-,44+,45-,46-,47-,48-/m0/s1.